The van der Waals surface area contributed by atoms with Gasteiger partial charge in [-0.3, -0.25) is 0 Å². The van der Waals surface area contributed by atoms with Gasteiger partial charge in [0.05, 0.1) is 5.02 Å². The molecule has 1 N–H and O–H groups in total. The summed E-state index contributed by atoms with van der Waals surface area (Å²) < 4.78 is 6.84. The van der Waals surface area contributed by atoms with Crippen molar-refractivity contribution in [2.75, 3.05) is 7.05 Å². The van der Waals surface area contributed by atoms with E-state index in [4.69, 9.17) is 16.3 Å². The van der Waals surface area contributed by atoms with Crippen LogP contribution in [0.5, 0.6) is 5.75 Å². The highest BCUT2D eigenvalue weighted by atomic mass is 79.9. The average molecular weight is 381 g/mol. The summed E-state index contributed by atoms with van der Waals surface area (Å²) in [5.74, 6) is 0.909. The monoisotopic (exact) mass is 379 g/mol. The van der Waals surface area contributed by atoms with Crippen molar-refractivity contribution in [1.29, 1.82) is 0 Å². The van der Waals surface area contributed by atoms with Crippen molar-refractivity contribution in [2.45, 2.75) is 31.9 Å². The zero-order valence-electron chi connectivity index (χ0n) is 12.5. The van der Waals surface area contributed by atoms with E-state index in [9.17, 15) is 0 Å². The Hall–Kier alpha value is -1.03. The van der Waals surface area contributed by atoms with Gasteiger partial charge in [0.2, 0.25) is 0 Å². The van der Waals surface area contributed by atoms with Gasteiger partial charge in [-0.25, -0.2) is 0 Å². The lowest BCUT2D eigenvalue weighted by Gasteiger charge is -2.25. The molecule has 0 fully saturated rings. The predicted octanol–water partition coefficient (Wildman–Crippen LogP) is 5.28. The zero-order valence-corrected chi connectivity index (χ0v) is 14.9. The number of nitrogens with one attached hydrogen (secondary N) is 1. The lowest BCUT2D eigenvalue weighted by Crippen LogP contribution is -2.21. The summed E-state index contributed by atoms with van der Waals surface area (Å²) >= 11 is 9.72. The van der Waals surface area contributed by atoms with Gasteiger partial charge < -0.3 is 10.1 Å². The third-order valence-corrected chi connectivity index (χ3v) is 5.54. The fourth-order valence-electron chi connectivity index (χ4n) is 3.00. The molecule has 0 aliphatic heterocycles. The van der Waals surface area contributed by atoms with Crippen molar-refractivity contribution in [3.63, 3.8) is 0 Å². The summed E-state index contributed by atoms with van der Waals surface area (Å²) in [4.78, 5) is 0. The molecular formula is C18H19BrClNO. The van der Waals surface area contributed by atoms with E-state index < -0.39 is 0 Å². The van der Waals surface area contributed by atoms with E-state index >= 15 is 0 Å². The van der Waals surface area contributed by atoms with Crippen LogP contribution in [0.4, 0.5) is 0 Å². The molecule has 1 aliphatic carbocycles. The molecule has 1 atom stereocenters. The van der Waals surface area contributed by atoms with Crippen LogP contribution in [0.1, 0.15) is 35.6 Å². The van der Waals surface area contributed by atoms with E-state index in [1.807, 2.05) is 25.2 Å². The van der Waals surface area contributed by atoms with Gasteiger partial charge in [-0.1, -0.05) is 29.8 Å². The number of hydrogen-bond acceptors (Lipinski definition) is 2. The van der Waals surface area contributed by atoms with Crippen LogP contribution in [0.15, 0.2) is 40.9 Å². The largest absolute Gasteiger partial charge is 0.489 e. The maximum absolute atomic E-state index is 6.28. The Morgan fingerprint density at radius 2 is 2.18 bits per heavy atom. The second kappa shape index (κ2) is 7.03. The van der Waals surface area contributed by atoms with Crippen LogP contribution in [-0.2, 0) is 13.0 Å². The van der Waals surface area contributed by atoms with E-state index in [-0.39, 0.29) is 0 Å². The minimum atomic E-state index is 0.470. The summed E-state index contributed by atoms with van der Waals surface area (Å²) in [7, 11) is 2.03. The van der Waals surface area contributed by atoms with Crippen molar-refractivity contribution in [2.24, 2.45) is 0 Å². The first kappa shape index (κ1) is 15.9. The molecule has 0 saturated carbocycles. The van der Waals surface area contributed by atoms with Crippen LogP contribution in [0.3, 0.4) is 0 Å². The first-order chi connectivity index (χ1) is 10.7. The number of ether oxygens (including phenoxy) is 1. The molecule has 2 aromatic rings. The highest BCUT2D eigenvalue weighted by Gasteiger charge is 2.19. The van der Waals surface area contributed by atoms with Crippen LogP contribution in [0, 0.1) is 0 Å². The van der Waals surface area contributed by atoms with Gasteiger partial charge >= 0.3 is 0 Å². The quantitative estimate of drug-likeness (QED) is 0.779. The topological polar surface area (TPSA) is 21.3 Å². The number of hydrogen-bond donors (Lipinski definition) is 1. The number of rotatable bonds is 4. The molecule has 1 aliphatic rings. The minimum Gasteiger partial charge on any atom is -0.489 e. The second-order valence-electron chi connectivity index (χ2n) is 5.60. The van der Waals surface area contributed by atoms with Gasteiger partial charge in [0, 0.05) is 16.1 Å². The Bertz CT molecular complexity index is 674. The van der Waals surface area contributed by atoms with Crippen LogP contribution in [0.25, 0.3) is 0 Å². The Balaban J connectivity index is 1.75. The first-order valence-corrected chi connectivity index (χ1v) is 8.72. The Morgan fingerprint density at radius 3 is 3.00 bits per heavy atom. The van der Waals surface area contributed by atoms with Crippen LogP contribution < -0.4 is 10.1 Å². The molecule has 0 aromatic heterocycles. The van der Waals surface area contributed by atoms with E-state index in [1.165, 1.54) is 24.0 Å². The summed E-state index contributed by atoms with van der Waals surface area (Å²) in [6.45, 7) is 0.479. The fourth-order valence-corrected chi connectivity index (χ4v) is 3.59. The maximum Gasteiger partial charge on any atom is 0.120 e. The average Bonchev–Trinajstić information content (AvgIpc) is 2.55. The Morgan fingerprint density at radius 1 is 1.32 bits per heavy atom. The molecule has 22 heavy (non-hydrogen) atoms. The van der Waals surface area contributed by atoms with Gasteiger partial charge in [-0.2, -0.15) is 0 Å². The molecule has 2 aromatic carbocycles. The first-order valence-electron chi connectivity index (χ1n) is 7.55. The van der Waals surface area contributed by atoms with E-state index in [0.29, 0.717) is 12.6 Å². The Kier molecular flexibility index (Phi) is 5.07. The van der Waals surface area contributed by atoms with Gasteiger partial charge in [0.1, 0.15) is 12.4 Å². The SMILES string of the molecule is CNC1CCCc2cc(OCc3cccc(Br)c3Cl)ccc21. The lowest BCUT2D eigenvalue weighted by atomic mass is 9.87. The summed E-state index contributed by atoms with van der Waals surface area (Å²) in [5.41, 5.74) is 3.78. The number of fused-ring (bicyclic) bond motifs is 1. The van der Waals surface area contributed by atoms with Gasteiger partial charge in [0.15, 0.2) is 0 Å². The van der Waals surface area contributed by atoms with Crippen molar-refractivity contribution in [1.82, 2.24) is 5.32 Å². The van der Waals surface area contributed by atoms with Gasteiger partial charge in [-0.05, 0) is 71.6 Å². The smallest absolute Gasteiger partial charge is 0.120 e. The fraction of sp³-hybridized carbons (Fsp3) is 0.333. The van der Waals surface area contributed by atoms with E-state index in [0.717, 1.165) is 27.2 Å². The summed E-state index contributed by atoms with van der Waals surface area (Å²) in [6, 6.07) is 12.8. The maximum atomic E-state index is 6.28. The third-order valence-electron chi connectivity index (χ3n) is 4.20. The zero-order chi connectivity index (χ0) is 15.5. The molecule has 0 spiro atoms. The molecule has 1 unspecified atom stereocenters. The van der Waals surface area contributed by atoms with Crippen molar-refractivity contribution < 1.29 is 4.74 Å². The highest BCUT2D eigenvalue weighted by Crippen LogP contribution is 2.32. The lowest BCUT2D eigenvalue weighted by molar-refractivity contribution is 0.305. The molecule has 0 heterocycles. The van der Waals surface area contributed by atoms with E-state index in [2.05, 4.69) is 39.4 Å². The molecular weight excluding hydrogens is 362 g/mol. The van der Waals surface area contributed by atoms with Gasteiger partial charge in [0.25, 0.3) is 0 Å². The number of benzene rings is 2. The summed E-state index contributed by atoms with van der Waals surface area (Å²) in [6.07, 6.45) is 3.55. The molecule has 3 rings (SSSR count). The van der Waals surface area contributed by atoms with Crippen molar-refractivity contribution in [3.8, 4) is 5.75 Å². The Labute approximate surface area is 145 Å². The number of halogens is 2. The second-order valence-corrected chi connectivity index (χ2v) is 6.83. The molecule has 116 valence electrons. The predicted molar refractivity (Wildman–Crippen MR) is 94.7 cm³/mol. The molecule has 0 saturated heterocycles. The summed E-state index contributed by atoms with van der Waals surface area (Å²) in [5, 5.41) is 4.11. The van der Waals surface area contributed by atoms with Crippen molar-refractivity contribution in [3.05, 3.63) is 62.6 Å². The standard InChI is InChI=1S/C18H19BrClNO/c1-21-17-7-3-4-12-10-14(8-9-15(12)17)22-11-13-5-2-6-16(19)18(13)20/h2,5-6,8-10,17,21H,3-4,7,11H2,1H3. The molecule has 0 bridgehead atoms. The highest BCUT2D eigenvalue weighted by molar-refractivity contribution is 9.10. The minimum absolute atomic E-state index is 0.470. The molecule has 4 heteroatoms. The van der Waals surface area contributed by atoms with E-state index in [1.54, 1.807) is 0 Å². The number of aryl methyl sites for hydroxylation is 1. The third kappa shape index (κ3) is 3.32. The normalized spacial score (nSPS) is 17.1. The molecule has 2 nitrogen and oxygen atoms in total. The molecule has 0 radical (unpaired) electrons. The van der Waals surface area contributed by atoms with Gasteiger partial charge in [-0.15, -0.1) is 0 Å². The van der Waals surface area contributed by atoms with Crippen LogP contribution in [0.2, 0.25) is 5.02 Å². The van der Waals surface area contributed by atoms with Crippen molar-refractivity contribution >= 4 is 27.5 Å². The molecule has 0 amide bonds. The van der Waals surface area contributed by atoms with Crippen LogP contribution in [-0.4, -0.2) is 7.05 Å². The van der Waals surface area contributed by atoms with Crippen LogP contribution >= 0.6 is 27.5 Å².